The number of fused-ring (bicyclic) bond motifs is 1. The van der Waals surface area contributed by atoms with E-state index in [2.05, 4.69) is 29.6 Å². The van der Waals surface area contributed by atoms with Gasteiger partial charge in [0.25, 0.3) is 0 Å². The molecule has 1 aliphatic carbocycles. The first-order valence-electron chi connectivity index (χ1n) is 7.04. The lowest BCUT2D eigenvalue weighted by Crippen LogP contribution is -2.11. The molecular formula is C17H17Cl2N. The second-order valence-electron chi connectivity index (χ2n) is 5.24. The molecule has 1 unspecified atom stereocenters. The van der Waals surface area contributed by atoms with Crippen molar-refractivity contribution in [3.8, 4) is 0 Å². The van der Waals surface area contributed by atoms with Crippen molar-refractivity contribution in [3.05, 3.63) is 63.6 Å². The van der Waals surface area contributed by atoms with E-state index in [1.54, 1.807) is 0 Å². The molecule has 0 bridgehead atoms. The molecule has 0 amide bonds. The zero-order chi connectivity index (χ0) is 13.9. The van der Waals surface area contributed by atoms with Crippen LogP contribution in [0.1, 0.15) is 36.4 Å². The third kappa shape index (κ3) is 2.79. The summed E-state index contributed by atoms with van der Waals surface area (Å²) in [5.74, 6) is 0. The van der Waals surface area contributed by atoms with Crippen molar-refractivity contribution in [2.24, 2.45) is 0 Å². The third-order valence-corrected chi connectivity index (χ3v) is 4.53. The second kappa shape index (κ2) is 6.07. The quantitative estimate of drug-likeness (QED) is 0.684. The molecule has 2 aromatic carbocycles. The predicted octanol–water partition coefficient (Wildman–Crippen LogP) is 5.87. The Labute approximate surface area is 129 Å². The molecule has 0 radical (unpaired) electrons. The Kier molecular flexibility index (Phi) is 4.18. The maximum Gasteiger partial charge on any atom is 0.0723 e. The average molecular weight is 306 g/mol. The molecule has 1 aliphatic rings. The van der Waals surface area contributed by atoms with Gasteiger partial charge in [-0.3, -0.25) is 0 Å². The van der Waals surface area contributed by atoms with Crippen LogP contribution in [0.25, 0.3) is 0 Å². The fraction of sp³-hybridized carbons (Fsp3) is 0.294. The standard InChI is InChI=1S/C17H17Cl2N/c18-14-9-5-10-15(19)17(14)20-16-11-4-2-7-12-6-1-3-8-13(12)16/h1,3,5-6,8-10,16,20H,2,4,7,11H2. The summed E-state index contributed by atoms with van der Waals surface area (Å²) in [4.78, 5) is 0. The van der Waals surface area contributed by atoms with Crippen LogP contribution in [-0.2, 0) is 6.42 Å². The van der Waals surface area contributed by atoms with Gasteiger partial charge in [-0.25, -0.2) is 0 Å². The first-order chi connectivity index (χ1) is 9.75. The van der Waals surface area contributed by atoms with Gasteiger partial charge in [-0.15, -0.1) is 0 Å². The smallest absolute Gasteiger partial charge is 0.0723 e. The van der Waals surface area contributed by atoms with Crippen LogP contribution in [0, 0.1) is 0 Å². The van der Waals surface area contributed by atoms with E-state index in [0.29, 0.717) is 10.0 Å². The molecule has 3 rings (SSSR count). The minimum absolute atomic E-state index is 0.283. The van der Waals surface area contributed by atoms with Crippen LogP contribution in [0.4, 0.5) is 5.69 Å². The molecule has 1 nitrogen and oxygen atoms in total. The van der Waals surface area contributed by atoms with E-state index in [-0.39, 0.29) is 6.04 Å². The summed E-state index contributed by atoms with van der Waals surface area (Å²) in [6.07, 6.45) is 4.73. The lowest BCUT2D eigenvalue weighted by Gasteiger charge is -2.22. The van der Waals surface area contributed by atoms with Crippen molar-refractivity contribution in [1.82, 2.24) is 0 Å². The Hall–Kier alpha value is -1.18. The number of aryl methyl sites for hydroxylation is 1. The Balaban J connectivity index is 1.94. The topological polar surface area (TPSA) is 12.0 Å². The summed E-state index contributed by atoms with van der Waals surface area (Å²) in [7, 11) is 0. The number of nitrogens with one attached hydrogen (secondary N) is 1. The summed E-state index contributed by atoms with van der Waals surface area (Å²) in [6, 6.07) is 14.6. The Morgan fingerprint density at radius 1 is 0.900 bits per heavy atom. The Morgan fingerprint density at radius 2 is 1.65 bits per heavy atom. The van der Waals surface area contributed by atoms with Gasteiger partial charge in [0.1, 0.15) is 0 Å². The van der Waals surface area contributed by atoms with Gasteiger partial charge in [-0.2, -0.15) is 0 Å². The summed E-state index contributed by atoms with van der Waals surface area (Å²) in [5.41, 5.74) is 3.66. The van der Waals surface area contributed by atoms with Crippen LogP contribution in [0.2, 0.25) is 10.0 Å². The third-order valence-electron chi connectivity index (χ3n) is 3.90. The van der Waals surface area contributed by atoms with Gasteiger partial charge in [0, 0.05) is 0 Å². The molecule has 3 heteroatoms. The molecule has 104 valence electrons. The number of rotatable bonds is 2. The zero-order valence-electron chi connectivity index (χ0n) is 11.2. The van der Waals surface area contributed by atoms with Gasteiger partial charge < -0.3 is 5.32 Å². The van der Waals surface area contributed by atoms with Gasteiger partial charge >= 0.3 is 0 Å². The van der Waals surface area contributed by atoms with E-state index in [1.807, 2.05) is 18.2 Å². The maximum atomic E-state index is 6.27. The average Bonchev–Trinajstić information content (AvgIpc) is 2.66. The monoisotopic (exact) mass is 305 g/mol. The molecule has 2 aromatic rings. The minimum Gasteiger partial charge on any atom is -0.376 e. The van der Waals surface area contributed by atoms with Crippen molar-refractivity contribution in [3.63, 3.8) is 0 Å². The van der Waals surface area contributed by atoms with Gasteiger partial charge in [-0.05, 0) is 42.5 Å². The zero-order valence-corrected chi connectivity index (χ0v) is 12.7. The van der Waals surface area contributed by atoms with Gasteiger partial charge in [0.2, 0.25) is 0 Å². The number of hydrogen-bond donors (Lipinski definition) is 1. The van der Waals surface area contributed by atoms with E-state index in [0.717, 1.165) is 18.5 Å². The number of para-hydroxylation sites is 1. The van der Waals surface area contributed by atoms with E-state index in [9.17, 15) is 0 Å². The Morgan fingerprint density at radius 3 is 2.45 bits per heavy atom. The van der Waals surface area contributed by atoms with Crippen LogP contribution in [-0.4, -0.2) is 0 Å². The molecule has 0 saturated carbocycles. The van der Waals surface area contributed by atoms with E-state index < -0.39 is 0 Å². The summed E-state index contributed by atoms with van der Waals surface area (Å²) >= 11 is 12.5. The SMILES string of the molecule is Clc1cccc(Cl)c1NC1CCCCc2ccccc21. The highest BCUT2D eigenvalue weighted by Gasteiger charge is 2.19. The summed E-state index contributed by atoms with van der Waals surface area (Å²) < 4.78 is 0. The molecule has 0 aromatic heterocycles. The highest BCUT2D eigenvalue weighted by Crippen LogP contribution is 2.36. The van der Waals surface area contributed by atoms with Crippen molar-refractivity contribution in [2.45, 2.75) is 31.7 Å². The lowest BCUT2D eigenvalue weighted by molar-refractivity contribution is 0.644. The number of benzene rings is 2. The highest BCUT2D eigenvalue weighted by molar-refractivity contribution is 6.39. The first-order valence-corrected chi connectivity index (χ1v) is 7.79. The molecule has 0 spiro atoms. The predicted molar refractivity (Wildman–Crippen MR) is 86.8 cm³/mol. The van der Waals surface area contributed by atoms with Crippen LogP contribution in [0.5, 0.6) is 0 Å². The molecule has 1 N–H and O–H groups in total. The van der Waals surface area contributed by atoms with E-state index in [1.165, 1.54) is 24.0 Å². The van der Waals surface area contributed by atoms with Gasteiger partial charge in [-0.1, -0.05) is 60.0 Å². The molecule has 0 saturated heterocycles. The molecule has 0 aliphatic heterocycles. The molecule has 0 heterocycles. The second-order valence-corrected chi connectivity index (χ2v) is 6.05. The van der Waals surface area contributed by atoms with Crippen LogP contribution < -0.4 is 5.32 Å². The summed E-state index contributed by atoms with van der Waals surface area (Å²) in [6.45, 7) is 0. The minimum atomic E-state index is 0.283. The number of anilines is 1. The fourth-order valence-corrected chi connectivity index (χ4v) is 3.39. The van der Waals surface area contributed by atoms with Gasteiger partial charge in [0.05, 0.1) is 21.8 Å². The van der Waals surface area contributed by atoms with Crippen molar-refractivity contribution in [2.75, 3.05) is 5.32 Å². The van der Waals surface area contributed by atoms with E-state index in [4.69, 9.17) is 23.2 Å². The lowest BCUT2D eigenvalue weighted by atomic mass is 9.99. The van der Waals surface area contributed by atoms with Crippen LogP contribution >= 0.6 is 23.2 Å². The van der Waals surface area contributed by atoms with Crippen molar-refractivity contribution in [1.29, 1.82) is 0 Å². The van der Waals surface area contributed by atoms with E-state index >= 15 is 0 Å². The fourth-order valence-electron chi connectivity index (χ4n) is 2.88. The largest absolute Gasteiger partial charge is 0.376 e. The normalized spacial score (nSPS) is 18.2. The first kappa shape index (κ1) is 13.8. The van der Waals surface area contributed by atoms with Crippen molar-refractivity contribution >= 4 is 28.9 Å². The molecule has 0 fully saturated rings. The highest BCUT2D eigenvalue weighted by atomic mass is 35.5. The molecular weight excluding hydrogens is 289 g/mol. The number of hydrogen-bond acceptors (Lipinski definition) is 1. The molecule has 1 atom stereocenters. The van der Waals surface area contributed by atoms with Crippen molar-refractivity contribution < 1.29 is 0 Å². The van der Waals surface area contributed by atoms with Crippen LogP contribution in [0.3, 0.4) is 0 Å². The Bertz CT molecular complexity index is 589. The van der Waals surface area contributed by atoms with Crippen LogP contribution in [0.15, 0.2) is 42.5 Å². The maximum absolute atomic E-state index is 6.27. The molecule has 20 heavy (non-hydrogen) atoms. The van der Waals surface area contributed by atoms with Gasteiger partial charge in [0.15, 0.2) is 0 Å². The summed E-state index contributed by atoms with van der Waals surface area (Å²) in [5, 5.41) is 4.91. The number of halogens is 2.